The SMILES string of the molecule is CCCCCCC1C(CC(=O)OCC)CCC12OCCO2. The van der Waals surface area contributed by atoms with Crippen LogP contribution in [0.3, 0.4) is 0 Å². The molecule has 0 aromatic carbocycles. The van der Waals surface area contributed by atoms with E-state index in [4.69, 9.17) is 14.2 Å². The Morgan fingerprint density at radius 3 is 2.62 bits per heavy atom. The fraction of sp³-hybridized carbons (Fsp3) is 0.941. The molecule has 21 heavy (non-hydrogen) atoms. The number of carbonyl (C=O) groups is 1. The van der Waals surface area contributed by atoms with Crippen LogP contribution in [0.15, 0.2) is 0 Å². The van der Waals surface area contributed by atoms with Crippen molar-refractivity contribution in [2.75, 3.05) is 19.8 Å². The van der Waals surface area contributed by atoms with Crippen molar-refractivity contribution in [3.63, 3.8) is 0 Å². The minimum atomic E-state index is -0.399. The Labute approximate surface area is 128 Å². The highest BCUT2D eigenvalue weighted by Crippen LogP contribution is 2.49. The Morgan fingerprint density at radius 2 is 1.95 bits per heavy atom. The largest absolute Gasteiger partial charge is 0.466 e. The molecule has 2 aliphatic rings. The predicted molar refractivity (Wildman–Crippen MR) is 80.9 cm³/mol. The number of hydrogen-bond donors (Lipinski definition) is 0. The second kappa shape index (κ2) is 8.14. The maximum absolute atomic E-state index is 11.8. The first-order valence-electron chi connectivity index (χ1n) is 8.65. The van der Waals surface area contributed by atoms with Crippen LogP contribution in [0, 0.1) is 11.8 Å². The molecule has 0 bridgehead atoms. The van der Waals surface area contributed by atoms with E-state index in [1.165, 1.54) is 25.7 Å². The van der Waals surface area contributed by atoms with Gasteiger partial charge in [-0.25, -0.2) is 0 Å². The standard InChI is InChI=1S/C17H30O4/c1-3-5-6-7-8-15-14(13-16(18)19-4-2)9-10-17(15)20-11-12-21-17/h14-15H,3-13H2,1-2H3. The summed E-state index contributed by atoms with van der Waals surface area (Å²) in [5.74, 6) is 0.227. The Kier molecular flexibility index (Phi) is 6.49. The van der Waals surface area contributed by atoms with Crippen molar-refractivity contribution in [3.05, 3.63) is 0 Å². The lowest BCUT2D eigenvalue weighted by Gasteiger charge is -2.32. The van der Waals surface area contributed by atoms with Crippen LogP contribution >= 0.6 is 0 Å². The van der Waals surface area contributed by atoms with Crippen LogP contribution in [0.25, 0.3) is 0 Å². The first-order chi connectivity index (χ1) is 10.2. The van der Waals surface area contributed by atoms with E-state index in [0.29, 0.717) is 38.1 Å². The molecule has 0 amide bonds. The average molecular weight is 298 g/mol. The Hall–Kier alpha value is -0.610. The Balaban J connectivity index is 1.93. The third kappa shape index (κ3) is 4.19. The van der Waals surface area contributed by atoms with Gasteiger partial charge < -0.3 is 14.2 Å². The minimum Gasteiger partial charge on any atom is -0.466 e. The number of rotatable bonds is 8. The molecule has 0 aromatic heterocycles. The third-order valence-corrected chi connectivity index (χ3v) is 4.88. The summed E-state index contributed by atoms with van der Waals surface area (Å²) in [5, 5.41) is 0. The highest BCUT2D eigenvalue weighted by molar-refractivity contribution is 5.69. The second-order valence-electron chi connectivity index (χ2n) is 6.27. The monoisotopic (exact) mass is 298 g/mol. The van der Waals surface area contributed by atoms with E-state index >= 15 is 0 Å². The average Bonchev–Trinajstić information content (AvgIpc) is 3.06. The van der Waals surface area contributed by atoms with E-state index in [1.807, 2.05) is 6.92 Å². The molecule has 2 atom stereocenters. The third-order valence-electron chi connectivity index (χ3n) is 4.88. The van der Waals surface area contributed by atoms with Gasteiger partial charge >= 0.3 is 5.97 Å². The zero-order valence-electron chi connectivity index (χ0n) is 13.6. The summed E-state index contributed by atoms with van der Waals surface area (Å²) in [5.41, 5.74) is 0. The summed E-state index contributed by atoms with van der Waals surface area (Å²) < 4.78 is 17.1. The minimum absolute atomic E-state index is 0.0731. The first-order valence-corrected chi connectivity index (χ1v) is 8.65. The van der Waals surface area contributed by atoms with Crippen LogP contribution in [0.4, 0.5) is 0 Å². The van der Waals surface area contributed by atoms with E-state index in [2.05, 4.69) is 6.92 Å². The van der Waals surface area contributed by atoms with Gasteiger partial charge in [-0.3, -0.25) is 4.79 Å². The summed E-state index contributed by atoms with van der Waals surface area (Å²) in [4.78, 5) is 11.8. The first kappa shape index (κ1) is 16.8. The van der Waals surface area contributed by atoms with Gasteiger partial charge in [0.05, 0.1) is 19.8 Å². The molecule has 1 saturated heterocycles. The van der Waals surface area contributed by atoms with Gasteiger partial charge in [0, 0.05) is 18.8 Å². The zero-order chi connectivity index (χ0) is 15.1. The van der Waals surface area contributed by atoms with Gasteiger partial charge in [-0.1, -0.05) is 32.6 Å². The van der Waals surface area contributed by atoms with Crippen LogP contribution in [-0.4, -0.2) is 31.6 Å². The van der Waals surface area contributed by atoms with Crippen molar-refractivity contribution in [2.24, 2.45) is 11.8 Å². The van der Waals surface area contributed by atoms with E-state index in [-0.39, 0.29) is 5.97 Å². The molecule has 1 heterocycles. The second-order valence-corrected chi connectivity index (χ2v) is 6.27. The smallest absolute Gasteiger partial charge is 0.306 e. The highest BCUT2D eigenvalue weighted by Gasteiger charge is 2.52. The van der Waals surface area contributed by atoms with Crippen molar-refractivity contribution in [3.8, 4) is 0 Å². The highest BCUT2D eigenvalue weighted by atomic mass is 16.7. The summed E-state index contributed by atoms with van der Waals surface area (Å²) >= 11 is 0. The van der Waals surface area contributed by atoms with Crippen molar-refractivity contribution in [2.45, 2.75) is 71.0 Å². The molecule has 1 saturated carbocycles. The summed E-state index contributed by atoms with van der Waals surface area (Å²) in [6, 6.07) is 0. The molecule has 4 nitrogen and oxygen atoms in total. The summed E-state index contributed by atoms with van der Waals surface area (Å²) in [7, 11) is 0. The molecule has 2 fully saturated rings. The van der Waals surface area contributed by atoms with Crippen molar-refractivity contribution < 1.29 is 19.0 Å². The van der Waals surface area contributed by atoms with Gasteiger partial charge in [0.1, 0.15) is 0 Å². The van der Waals surface area contributed by atoms with E-state index in [9.17, 15) is 4.79 Å². The van der Waals surface area contributed by atoms with Gasteiger partial charge in [0.2, 0.25) is 0 Å². The zero-order valence-corrected chi connectivity index (χ0v) is 13.6. The van der Waals surface area contributed by atoms with Crippen LogP contribution < -0.4 is 0 Å². The lowest BCUT2D eigenvalue weighted by Crippen LogP contribution is -2.37. The molecule has 1 spiro atoms. The number of carbonyl (C=O) groups excluding carboxylic acids is 1. The van der Waals surface area contributed by atoms with E-state index in [1.54, 1.807) is 0 Å². The molecule has 2 rings (SSSR count). The molecule has 1 aliphatic carbocycles. The molecule has 2 unspecified atom stereocenters. The molecule has 4 heteroatoms. The predicted octanol–water partition coefficient (Wildman–Crippen LogP) is 3.68. The summed E-state index contributed by atoms with van der Waals surface area (Å²) in [6.45, 7) is 5.93. The Morgan fingerprint density at radius 1 is 1.19 bits per heavy atom. The van der Waals surface area contributed by atoms with Gasteiger partial charge in [0.15, 0.2) is 5.79 Å². The Bertz CT molecular complexity index is 323. The van der Waals surface area contributed by atoms with Crippen molar-refractivity contribution >= 4 is 5.97 Å². The molecular weight excluding hydrogens is 268 g/mol. The molecule has 1 aliphatic heterocycles. The van der Waals surface area contributed by atoms with Crippen LogP contribution in [0.5, 0.6) is 0 Å². The molecule has 0 N–H and O–H groups in total. The van der Waals surface area contributed by atoms with Crippen molar-refractivity contribution in [1.82, 2.24) is 0 Å². The quantitative estimate of drug-likeness (QED) is 0.506. The molecule has 0 aromatic rings. The maximum Gasteiger partial charge on any atom is 0.306 e. The molecule has 122 valence electrons. The fourth-order valence-electron chi connectivity index (χ4n) is 3.89. The van der Waals surface area contributed by atoms with Gasteiger partial charge in [-0.2, -0.15) is 0 Å². The fourth-order valence-corrected chi connectivity index (χ4v) is 3.89. The van der Waals surface area contributed by atoms with Crippen LogP contribution in [-0.2, 0) is 19.0 Å². The lowest BCUT2D eigenvalue weighted by atomic mass is 9.85. The maximum atomic E-state index is 11.8. The molecular formula is C17H30O4. The van der Waals surface area contributed by atoms with Crippen LogP contribution in [0.1, 0.15) is 65.2 Å². The van der Waals surface area contributed by atoms with Gasteiger partial charge in [-0.15, -0.1) is 0 Å². The number of esters is 1. The molecule has 0 radical (unpaired) electrons. The lowest BCUT2D eigenvalue weighted by molar-refractivity contribution is -0.188. The van der Waals surface area contributed by atoms with Gasteiger partial charge in [0.25, 0.3) is 0 Å². The number of unbranched alkanes of at least 4 members (excludes halogenated alkanes) is 3. The normalized spacial score (nSPS) is 27.3. The van der Waals surface area contributed by atoms with Crippen LogP contribution in [0.2, 0.25) is 0 Å². The van der Waals surface area contributed by atoms with E-state index < -0.39 is 5.79 Å². The number of ether oxygens (including phenoxy) is 3. The number of hydrogen-bond acceptors (Lipinski definition) is 4. The van der Waals surface area contributed by atoms with E-state index in [0.717, 1.165) is 19.3 Å². The van der Waals surface area contributed by atoms with Gasteiger partial charge in [-0.05, 0) is 25.7 Å². The topological polar surface area (TPSA) is 44.8 Å². The van der Waals surface area contributed by atoms with Crippen molar-refractivity contribution in [1.29, 1.82) is 0 Å². The summed E-state index contributed by atoms with van der Waals surface area (Å²) in [6.07, 6.45) is 8.54.